The van der Waals surface area contributed by atoms with Gasteiger partial charge in [0.15, 0.2) is 0 Å². The molecular weight excluding hydrogens is 332 g/mol. The summed E-state index contributed by atoms with van der Waals surface area (Å²) >= 11 is 0. The second-order valence-electron chi connectivity index (χ2n) is 6.67. The van der Waals surface area contributed by atoms with Gasteiger partial charge in [0.25, 0.3) is 0 Å². The third-order valence-electron chi connectivity index (χ3n) is 4.76. The Kier molecular flexibility index (Phi) is 4.11. The SMILES string of the molecule is CC1Nc2ccc(C#CC(O)C3CC(O)C3)cc2N1c1ncnc(N)n1. The number of rotatable bonds is 2. The summed E-state index contributed by atoms with van der Waals surface area (Å²) < 4.78 is 0. The number of fused-ring (bicyclic) bond motifs is 1. The number of anilines is 4. The number of aliphatic hydroxyl groups is 2. The zero-order chi connectivity index (χ0) is 18.3. The molecular formula is C18H20N6O2. The molecule has 1 aliphatic heterocycles. The fourth-order valence-electron chi connectivity index (χ4n) is 3.29. The maximum atomic E-state index is 10.1. The third-order valence-corrected chi connectivity index (χ3v) is 4.76. The first kappa shape index (κ1) is 16.6. The van der Waals surface area contributed by atoms with Crippen LogP contribution in [0.25, 0.3) is 0 Å². The number of benzene rings is 1. The summed E-state index contributed by atoms with van der Waals surface area (Å²) in [5.74, 6) is 6.59. The van der Waals surface area contributed by atoms with Gasteiger partial charge in [0.1, 0.15) is 18.6 Å². The van der Waals surface area contributed by atoms with Gasteiger partial charge in [-0.1, -0.05) is 11.8 Å². The largest absolute Gasteiger partial charge is 0.393 e. The topological polar surface area (TPSA) is 120 Å². The molecule has 2 aliphatic rings. The van der Waals surface area contributed by atoms with Gasteiger partial charge in [-0.15, -0.1) is 0 Å². The van der Waals surface area contributed by atoms with Crippen LogP contribution < -0.4 is 16.0 Å². The Hall–Kier alpha value is -2.89. The van der Waals surface area contributed by atoms with E-state index in [1.807, 2.05) is 30.0 Å². The average Bonchev–Trinajstić information content (AvgIpc) is 2.92. The number of nitrogens with two attached hydrogens (primary N) is 1. The Morgan fingerprint density at radius 3 is 2.88 bits per heavy atom. The first-order valence-electron chi connectivity index (χ1n) is 8.53. The van der Waals surface area contributed by atoms with Crippen LogP contribution in [0, 0.1) is 17.8 Å². The lowest BCUT2D eigenvalue weighted by Crippen LogP contribution is -2.36. The van der Waals surface area contributed by atoms with E-state index in [9.17, 15) is 10.2 Å². The van der Waals surface area contributed by atoms with Gasteiger partial charge in [-0.05, 0) is 38.0 Å². The van der Waals surface area contributed by atoms with Crippen molar-refractivity contribution in [1.29, 1.82) is 0 Å². The highest BCUT2D eigenvalue weighted by Crippen LogP contribution is 2.39. The summed E-state index contributed by atoms with van der Waals surface area (Å²) in [4.78, 5) is 14.2. The van der Waals surface area contributed by atoms with Crippen molar-refractivity contribution in [3.63, 3.8) is 0 Å². The Labute approximate surface area is 151 Å². The van der Waals surface area contributed by atoms with Crippen LogP contribution in [0.2, 0.25) is 0 Å². The molecule has 2 atom stereocenters. The molecule has 26 heavy (non-hydrogen) atoms. The van der Waals surface area contributed by atoms with Crippen LogP contribution in [0.15, 0.2) is 24.5 Å². The van der Waals surface area contributed by atoms with Gasteiger partial charge in [0.2, 0.25) is 11.9 Å². The monoisotopic (exact) mass is 352 g/mol. The maximum absolute atomic E-state index is 10.1. The highest BCUT2D eigenvalue weighted by atomic mass is 16.3. The first-order valence-corrected chi connectivity index (χ1v) is 8.53. The predicted molar refractivity (Wildman–Crippen MR) is 97.5 cm³/mol. The summed E-state index contributed by atoms with van der Waals surface area (Å²) in [6.45, 7) is 2.00. The fraction of sp³-hybridized carbons (Fsp3) is 0.389. The van der Waals surface area contributed by atoms with Crippen molar-refractivity contribution in [3.05, 3.63) is 30.1 Å². The number of aromatic nitrogens is 3. The van der Waals surface area contributed by atoms with Gasteiger partial charge in [0, 0.05) is 11.5 Å². The Bertz CT molecular complexity index is 887. The van der Waals surface area contributed by atoms with Crippen LogP contribution >= 0.6 is 0 Å². The van der Waals surface area contributed by atoms with Crippen molar-refractivity contribution in [1.82, 2.24) is 15.0 Å². The lowest BCUT2D eigenvalue weighted by atomic mass is 9.79. The van der Waals surface area contributed by atoms with Gasteiger partial charge >= 0.3 is 0 Å². The molecule has 2 unspecified atom stereocenters. The van der Waals surface area contributed by atoms with Crippen molar-refractivity contribution in [2.24, 2.45) is 5.92 Å². The van der Waals surface area contributed by atoms with E-state index in [1.165, 1.54) is 6.33 Å². The molecule has 2 aromatic rings. The van der Waals surface area contributed by atoms with E-state index < -0.39 is 6.10 Å². The number of hydrogen-bond donors (Lipinski definition) is 4. The van der Waals surface area contributed by atoms with Crippen molar-refractivity contribution in [3.8, 4) is 11.8 Å². The van der Waals surface area contributed by atoms with Crippen LogP contribution in [0.1, 0.15) is 25.3 Å². The summed E-state index contributed by atoms with van der Waals surface area (Å²) in [5, 5.41) is 22.8. The van der Waals surface area contributed by atoms with E-state index in [0.717, 1.165) is 16.9 Å². The number of aliphatic hydroxyl groups excluding tert-OH is 2. The van der Waals surface area contributed by atoms with Gasteiger partial charge in [0.05, 0.1) is 17.5 Å². The standard InChI is InChI=1S/C18H20N6O2/c1-10-22-14-4-2-11(3-5-16(26)12-7-13(25)8-12)6-15(14)24(10)18-21-9-20-17(19)23-18/h2,4,6,9-10,12-13,16,22,25-26H,7-8H2,1H3,(H2,19,20,21,23). The summed E-state index contributed by atoms with van der Waals surface area (Å²) in [6, 6.07) is 5.78. The van der Waals surface area contributed by atoms with Gasteiger partial charge in [-0.2, -0.15) is 4.98 Å². The summed E-state index contributed by atoms with van der Waals surface area (Å²) in [5.41, 5.74) is 8.31. The molecule has 5 N–H and O–H groups in total. The molecule has 1 saturated carbocycles. The van der Waals surface area contributed by atoms with E-state index in [1.54, 1.807) is 0 Å². The van der Waals surface area contributed by atoms with Crippen LogP contribution in [0.5, 0.6) is 0 Å². The fourth-order valence-corrected chi connectivity index (χ4v) is 3.29. The number of nitrogens with zero attached hydrogens (tertiary/aromatic N) is 4. The molecule has 1 fully saturated rings. The van der Waals surface area contributed by atoms with Gasteiger partial charge in [-0.25, -0.2) is 9.97 Å². The van der Waals surface area contributed by atoms with Crippen LogP contribution in [0.3, 0.4) is 0 Å². The quantitative estimate of drug-likeness (QED) is 0.587. The molecule has 134 valence electrons. The third kappa shape index (κ3) is 3.03. The number of nitrogens with one attached hydrogen (secondary N) is 1. The molecule has 0 saturated heterocycles. The lowest BCUT2D eigenvalue weighted by Gasteiger charge is -2.32. The average molecular weight is 352 g/mol. The summed E-state index contributed by atoms with van der Waals surface area (Å²) in [7, 11) is 0. The Morgan fingerprint density at radius 2 is 2.15 bits per heavy atom. The van der Waals surface area contributed by atoms with E-state index in [-0.39, 0.29) is 24.1 Å². The van der Waals surface area contributed by atoms with Crippen molar-refractivity contribution >= 4 is 23.3 Å². The molecule has 8 nitrogen and oxygen atoms in total. The minimum Gasteiger partial charge on any atom is -0.393 e. The molecule has 1 aromatic heterocycles. The zero-order valence-electron chi connectivity index (χ0n) is 14.3. The van der Waals surface area contributed by atoms with E-state index in [4.69, 9.17) is 5.73 Å². The van der Waals surface area contributed by atoms with Gasteiger partial charge < -0.3 is 21.3 Å². The van der Waals surface area contributed by atoms with Crippen molar-refractivity contribution in [2.45, 2.75) is 38.1 Å². The lowest BCUT2D eigenvalue weighted by molar-refractivity contribution is -0.00666. The molecule has 0 bridgehead atoms. The molecule has 0 radical (unpaired) electrons. The van der Waals surface area contributed by atoms with Crippen LogP contribution in [-0.2, 0) is 0 Å². The minimum atomic E-state index is -0.719. The second-order valence-corrected chi connectivity index (χ2v) is 6.67. The highest BCUT2D eigenvalue weighted by Gasteiger charge is 2.32. The molecule has 8 heteroatoms. The van der Waals surface area contributed by atoms with E-state index >= 15 is 0 Å². The zero-order valence-corrected chi connectivity index (χ0v) is 14.3. The molecule has 1 aliphatic carbocycles. The summed E-state index contributed by atoms with van der Waals surface area (Å²) in [6.07, 6.45) is 1.53. The Morgan fingerprint density at radius 1 is 1.35 bits per heavy atom. The molecule has 2 heterocycles. The smallest absolute Gasteiger partial charge is 0.236 e. The molecule has 4 rings (SSSR count). The van der Waals surface area contributed by atoms with E-state index in [2.05, 4.69) is 32.1 Å². The molecule has 1 aromatic carbocycles. The maximum Gasteiger partial charge on any atom is 0.236 e. The second kappa shape index (κ2) is 6.44. The number of hydrogen-bond acceptors (Lipinski definition) is 8. The first-order chi connectivity index (χ1) is 12.5. The van der Waals surface area contributed by atoms with E-state index in [0.29, 0.717) is 18.8 Å². The van der Waals surface area contributed by atoms with Crippen LogP contribution in [0.4, 0.5) is 23.3 Å². The molecule has 0 spiro atoms. The normalized spacial score (nSPS) is 24.7. The van der Waals surface area contributed by atoms with Crippen molar-refractivity contribution < 1.29 is 10.2 Å². The molecule has 0 amide bonds. The van der Waals surface area contributed by atoms with Crippen molar-refractivity contribution in [2.75, 3.05) is 16.0 Å². The predicted octanol–water partition coefficient (Wildman–Crippen LogP) is 0.847. The minimum absolute atomic E-state index is 0.0444. The Balaban J connectivity index is 1.60. The highest BCUT2D eigenvalue weighted by molar-refractivity contribution is 5.81. The number of nitrogen functional groups attached to an aromatic ring is 1. The van der Waals surface area contributed by atoms with Crippen LogP contribution in [-0.4, -0.2) is 43.5 Å². The van der Waals surface area contributed by atoms with Gasteiger partial charge in [-0.3, -0.25) is 4.90 Å².